The van der Waals surface area contributed by atoms with Crippen LogP contribution in [-0.4, -0.2) is 50.9 Å². The highest BCUT2D eigenvalue weighted by molar-refractivity contribution is 7.90. The van der Waals surface area contributed by atoms with Gasteiger partial charge in [-0.25, -0.2) is 12.8 Å². The second kappa shape index (κ2) is 11.3. The van der Waals surface area contributed by atoms with Gasteiger partial charge in [0.2, 0.25) is 11.6 Å². The molecule has 0 radical (unpaired) electrons. The van der Waals surface area contributed by atoms with Crippen LogP contribution in [0.3, 0.4) is 0 Å². The third-order valence-corrected chi connectivity index (χ3v) is 5.99. The second-order valence-corrected chi connectivity index (χ2v) is 10.4. The monoisotopic (exact) mass is 504 g/mol. The topological polar surface area (TPSA) is 130 Å². The van der Waals surface area contributed by atoms with Crippen molar-refractivity contribution in [3.05, 3.63) is 47.3 Å². The Labute approximate surface area is 203 Å². The number of benzene rings is 1. The van der Waals surface area contributed by atoms with E-state index in [9.17, 15) is 22.4 Å². The highest BCUT2D eigenvalue weighted by Crippen LogP contribution is 2.35. The number of halogens is 1. The SMILES string of the molecule is CNC(=O)c1c(-c2ccc(F)cc2)oc2nc(NCS(C)(=O)=O)c(CCCCCNC(C)=O)cc12. The number of carbonyl (C=O) groups excluding carboxylic acids is 2. The van der Waals surface area contributed by atoms with E-state index in [0.29, 0.717) is 29.7 Å². The number of hydrogen-bond acceptors (Lipinski definition) is 7. The molecule has 2 amide bonds. The van der Waals surface area contributed by atoms with E-state index in [2.05, 4.69) is 20.9 Å². The number of nitrogens with zero attached hydrogens (tertiary/aromatic N) is 1. The lowest BCUT2D eigenvalue weighted by Crippen LogP contribution is -2.20. The smallest absolute Gasteiger partial charge is 0.255 e. The number of aromatic nitrogens is 1. The molecule has 2 aromatic heterocycles. The van der Waals surface area contributed by atoms with Crippen molar-refractivity contribution < 1.29 is 26.8 Å². The third kappa shape index (κ3) is 7.01. The van der Waals surface area contributed by atoms with E-state index in [4.69, 9.17) is 4.42 Å². The Balaban J connectivity index is 2.00. The van der Waals surface area contributed by atoms with E-state index in [-0.39, 0.29) is 34.7 Å². The number of aryl methyl sites for hydroxylation is 1. The van der Waals surface area contributed by atoms with Gasteiger partial charge in [-0.15, -0.1) is 0 Å². The molecule has 0 aliphatic heterocycles. The van der Waals surface area contributed by atoms with Crippen LogP contribution in [0.4, 0.5) is 10.2 Å². The summed E-state index contributed by atoms with van der Waals surface area (Å²) in [7, 11) is -1.82. The lowest BCUT2D eigenvalue weighted by atomic mass is 10.0. The van der Waals surface area contributed by atoms with Crippen LogP contribution >= 0.6 is 0 Å². The number of unbranched alkanes of at least 4 members (excludes halogenated alkanes) is 2. The number of anilines is 1. The molecule has 0 saturated carbocycles. The van der Waals surface area contributed by atoms with Gasteiger partial charge in [0.1, 0.15) is 23.3 Å². The maximum absolute atomic E-state index is 13.5. The predicted molar refractivity (Wildman–Crippen MR) is 132 cm³/mol. The van der Waals surface area contributed by atoms with Gasteiger partial charge >= 0.3 is 0 Å². The molecule has 0 fully saturated rings. The summed E-state index contributed by atoms with van der Waals surface area (Å²) in [5.74, 6) is -0.596. The van der Waals surface area contributed by atoms with Crippen molar-refractivity contribution in [2.75, 3.05) is 31.0 Å². The Bertz CT molecular complexity index is 1320. The van der Waals surface area contributed by atoms with Crippen LogP contribution in [0, 0.1) is 5.82 Å². The molecule has 1 aromatic carbocycles. The van der Waals surface area contributed by atoms with Crippen molar-refractivity contribution in [1.29, 1.82) is 0 Å². The van der Waals surface area contributed by atoms with Crippen LogP contribution in [0.1, 0.15) is 42.1 Å². The van der Waals surface area contributed by atoms with Crippen LogP contribution in [0.2, 0.25) is 0 Å². The highest BCUT2D eigenvalue weighted by atomic mass is 32.2. The number of nitrogens with one attached hydrogen (secondary N) is 3. The van der Waals surface area contributed by atoms with Crippen molar-refractivity contribution in [2.24, 2.45) is 0 Å². The number of furan rings is 1. The number of pyridine rings is 1. The normalized spacial score (nSPS) is 11.4. The molecule has 0 saturated heterocycles. The van der Waals surface area contributed by atoms with Crippen molar-refractivity contribution in [3.8, 4) is 11.3 Å². The summed E-state index contributed by atoms with van der Waals surface area (Å²) in [6.07, 6.45) is 4.07. The largest absolute Gasteiger partial charge is 0.437 e. The molecule has 0 atom stereocenters. The lowest BCUT2D eigenvalue weighted by Gasteiger charge is -2.11. The number of amides is 2. The Morgan fingerprint density at radius 1 is 1.11 bits per heavy atom. The molecule has 188 valence electrons. The van der Waals surface area contributed by atoms with E-state index >= 15 is 0 Å². The molecule has 3 N–H and O–H groups in total. The summed E-state index contributed by atoms with van der Waals surface area (Å²) >= 11 is 0. The minimum absolute atomic E-state index is 0.0782. The summed E-state index contributed by atoms with van der Waals surface area (Å²) < 4.78 is 42.9. The number of hydrogen-bond donors (Lipinski definition) is 3. The zero-order chi connectivity index (χ0) is 25.6. The molecule has 3 rings (SSSR count). The molecule has 9 nitrogen and oxygen atoms in total. The fourth-order valence-electron chi connectivity index (χ4n) is 3.64. The minimum atomic E-state index is -3.32. The van der Waals surface area contributed by atoms with Crippen molar-refractivity contribution in [3.63, 3.8) is 0 Å². The molecule has 35 heavy (non-hydrogen) atoms. The quantitative estimate of drug-likeness (QED) is 0.342. The van der Waals surface area contributed by atoms with E-state index in [1.54, 1.807) is 6.07 Å². The van der Waals surface area contributed by atoms with Gasteiger partial charge < -0.3 is 20.4 Å². The van der Waals surface area contributed by atoms with Gasteiger partial charge in [-0.3, -0.25) is 9.59 Å². The molecular formula is C24H29FN4O5S. The Hall–Kier alpha value is -3.47. The molecule has 0 aliphatic rings. The molecule has 0 bridgehead atoms. The van der Waals surface area contributed by atoms with Crippen LogP contribution in [0.5, 0.6) is 0 Å². The average Bonchev–Trinajstić information content (AvgIpc) is 3.17. The van der Waals surface area contributed by atoms with Crippen molar-refractivity contribution in [1.82, 2.24) is 15.6 Å². The number of rotatable bonds is 11. The zero-order valence-electron chi connectivity index (χ0n) is 19.9. The predicted octanol–water partition coefficient (Wildman–Crippen LogP) is 3.26. The van der Waals surface area contributed by atoms with E-state index < -0.39 is 15.7 Å². The zero-order valence-corrected chi connectivity index (χ0v) is 20.7. The van der Waals surface area contributed by atoms with E-state index in [1.807, 2.05) is 0 Å². The molecule has 2 heterocycles. The highest BCUT2D eigenvalue weighted by Gasteiger charge is 2.24. The first-order chi connectivity index (χ1) is 16.6. The third-order valence-electron chi connectivity index (χ3n) is 5.32. The fraction of sp³-hybridized carbons (Fsp3) is 0.375. The maximum atomic E-state index is 13.5. The molecule has 3 aromatic rings. The lowest BCUT2D eigenvalue weighted by molar-refractivity contribution is -0.118. The Morgan fingerprint density at radius 2 is 1.83 bits per heavy atom. The molecule has 0 spiro atoms. The average molecular weight is 505 g/mol. The van der Waals surface area contributed by atoms with Gasteiger partial charge in [-0.2, -0.15) is 4.98 Å². The van der Waals surface area contributed by atoms with Gasteiger partial charge in [0, 0.05) is 32.3 Å². The molecule has 11 heteroatoms. The van der Waals surface area contributed by atoms with Crippen molar-refractivity contribution >= 4 is 38.6 Å². The minimum Gasteiger partial charge on any atom is -0.437 e. The fourth-order valence-corrected chi connectivity index (χ4v) is 4.04. The summed E-state index contributed by atoms with van der Waals surface area (Å²) in [6, 6.07) is 7.35. The van der Waals surface area contributed by atoms with Gasteiger partial charge in [-0.1, -0.05) is 6.42 Å². The Kier molecular flexibility index (Phi) is 8.44. The molecular weight excluding hydrogens is 475 g/mol. The van der Waals surface area contributed by atoms with Gasteiger partial charge in [0.05, 0.1) is 10.9 Å². The summed E-state index contributed by atoms with van der Waals surface area (Å²) in [5.41, 5.74) is 1.67. The maximum Gasteiger partial charge on any atom is 0.255 e. The van der Waals surface area contributed by atoms with E-state index in [1.165, 1.54) is 38.2 Å². The first-order valence-electron chi connectivity index (χ1n) is 11.2. The van der Waals surface area contributed by atoms with Gasteiger partial charge in [-0.05, 0) is 55.2 Å². The summed E-state index contributed by atoms with van der Waals surface area (Å²) in [4.78, 5) is 28.3. The molecule has 0 aliphatic carbocycles. The second-order valence-electron chi connectivity index (χ2n) is 8.28. The van der Waals surface area contributed by atoms with E-state index in [0.717, 1.165) is 31.1 Å². The number of fused-ring (bicyclic) bond motifs is 1. The standard InChI is InChI=1S/C24H29FN4O5S/c1-15(30)27-12-6-4-5-7-17-13-19-20(23(31)26-2)21(16-8-10-18(25)11-9-16)34-24(19)29-22(17)28-14-35(3,32)33/h8-11,13H,4-7,12,14H2,1-3H3,(H,26,31)(H,27,30)(H,28,29). The van der Waals surface area contributed by atoms with Crippen molar-refractivity contribution in [2.45, 2.75) is 32.6 Å². The summed E-state index contributed by atoms with van der Waals surface area (Å²) in [5, 5.41) is 8.70. The molecule has 0 unspecified atom stereocenters. The first kappa shape index (κ1) is 26.1. The summed E-state index contributed by atoms with van der Waals surface area (Å²) in [6.45, 7) is 2.05. The van der Waals surface area contributed by atoms with Gasteiger partial charge in [0.15, 0.2) is 9.84 Å². The van der Waals surface area contributed by atoms with Crippen LogP contribution in [0.25, 0.3) is 22.4 Å². The van der Waals surface area contributed by atoms with Crippen LogP contribution in [-0.2, 0) is 21.1 Å². The number of sulfone groups is 1. The Morgan fingerprint density at radius 3 is 2.46 bits per heavy atom. The number of carbonyl (C=O) groups is 2. The first-order valence-corrected chi connectivity index (χ1v) is 13.3. The van der Waals surface area contributed by atoms with Crippen LogP contribution < -0.4 is 16.0 Å². The van der Waals surface area contributed by atoms with Gasteiger partial charge in [0.25, 0.3) is 5.91 Å². The van der Waals surface area contributed by atoms with Crippen LogP contribution in [0.15, 0.2) is 34.7 Å².